The molecular weight excluding hydrogens is 290 g/mol. The minimum atomic E-state index is -1.07. The number of anilines is 1. The second kappa shape index (κ2) is 7.94. The number of carboxylic acid groups (broad SMARTS) is 1. The number of amides is 1. The molecule has 0 radical (unpaired) electrons. The first-order valence-corrected chi connectivity index (χ1v) is 7.50. The summed E-state index contributed by atoms with van der Waals surface area (Å²) in [6.45, 7) is 2.13. The molecule has 0 unspecified atom stereocenters. The van der Waals surface area contributed by atoms with Crippen LogP contribution in [0.3, 0.4) is 0 Å². The molecule has 2 rings (SSSR count). The molecule has 0 aliphatic heterocycles. The highest BCUT2D eigenvalue weighted by atomic mass is 16.4. The predicted molar refractivity (Wildman–Crippen MR) is 91.5 cm³/mol. The van der Waals surface area contributed by atoms with Crippen molar-refractivity contribution in [2.24, 2.45) is 0 Å². The van der Waals surface area contributed by atoms with E-state index in [0.29, 0.717) is 0 Å². The fraction of sp³-hybridized carbons (Fsp3) is 0.158. The molecule has 118 valence electrons. The lowest BCUT2D eigenvalue weighted by molar-refractivity contribution is -0.111. The number of para-hydroxylation sites is 1. The van der Waals surface area contributed by atoms with Crippen molar-refractivity contribution in [3.05, 3.63) is 71.3 Å². The minimum absolute atomic E-state index is 0.0677. The van der Waals surface area contributed by atoms with Gasteiger partial charge in [0.25, 0.3) is 0 Å². The van der Waals surface area contributed by atoms with Crippen LogP contribution in [0.25, 0.3) is 6.08 Å². The molecule has 0 bridgehead atoms. The molecule has 0 aliphatic rings. The van der Waals surface area contributed by atoms with Gasteiger partial charge in [0.2, 0.25) is 5.91 Å². The number of hydrogen-bond acceptors (Lipinski definition) is 2. The van der Waals surface area contributed by atoms with E-state index in [1.54, 1.807) is 24.3 Å². The van der Waals surface area contributed by atoms with E-state index in [4.69, 9.17) is 5.11 Å². The molecule has 0 aromatic heterocycles. The van der Waals surface area contributed by atoms with E-state index in [2.05, 4.69) is 12.2 Å². The molecule has 2 aromatic rings. The van der Waals surface area contributed by atoms with Crippen LogP contribution in [-0.4, -0.2) is 17.0 Å². The van der Waals surface area contributed by atoms with E-state index < -0.39 is 5.97 Å². The number of aryl methyl sites for hydroxylation is 1. The van der Waals surface area contributed by atoms with Crippen LogP contribution >= 0.6 is 0 Å². The summed E-state index contributed by atoms with van der Waals surface area (Å²) in [5.41, 5.74) is 2.54. The Hall–Kier alpha value is -2.88. The SMILES string of the molecule is CCCc1ccc(C=CC(=O)Nc2ccccc2C(=O)O)cc1. The third kappa shape index (κ3) is 4.81. The second-order valence-corrected chi connectivity index (χ2v) is 5.16. The van der Waals surface area contributed by atoms with Gasteiger partial charge in [-0.15, -0.1) is 0 Å². The van der Waals surface area contributed by atoms with Crippen LogP contribution < -0.4 is 5.32 Å². The lowest BCUT2D eigenvalue weighted by Crippen LogP contribution is -2.11. The van der Waals surface area contributed by atoms with Crippen LogP contribution in [-0.2, 0) is 11.2 Å². The highest BCUT2D eigenvalue weighted by Crippen LogP contribution is 2.15. The lowest BCUT2D eigenvalue weighted by Gasteiger charge is -2.05. The average Bonchev–Trinajstić information content (AvgIpc) is 2.55. The number of rotatable bonds is 6. The van der Waals surface area contributed by atoms with Gasteiger partial charge in [-0.2, -0.15) is 0 Å². The number of carboxylic acids is 1. The van der Waals surface area contributed by atoms with E-state index in [9.17, 15) is 9.59 Å². The van der Waals surface area contributed by atoms with Gasteiger partial charge in [0, 0.05) is 6.08 Å². The van der Waals surface area contributed by atoms with Crippen molar-refractivity contribution in [2.75, 3.05) is 5.32 Å². The predicted octanol–water partition coefficient (Wildman–Crippen LogP) is 3.99. The Labute approximate surface area is 135 Å². The van der Waals surface area contributed by atoms with Crippen LogP contribution in [0.15, 0.2) is 54.6 Å². The topological polar surface area (TPSA) is 66.4 Å². The lowest BCUT2D eigenvalue weighted by atomic mass is 10.1. The molecule has 2 N–H and O–H groups in total. The first-order valence-electron chi connectivity index (χ1n) is 7.50. The maximum atomic E-state index is 11.9. The van der Waals surface area contributed by atoms with Crippen molar-refractivity contribution in [3.8, 4) is 0 Å². The quantitative estimate of drug-likeness (QED) is 0.793. The summed E-state index contributed by atoms with van der Waals surface area (Å²) in [5.74, 6) is -1.44. The summed E-state index contributed by atoms with van der Waals surface area (Å²) >= 11 is 0. The zero-order valence-corrected chi connectivity index (χ0v) is 13.0. The molecule has 2 aromatic carbocycles. The van der Waals surface area contributed by atoms with Crippen LogP contribution in [0.5, 0.6) is 0 Å². The summed E-state index contributed by atoms with van der Waals surface area (Å²) < 4.78 is 0. The van der Waals surface area contributed by atoms with Gasteiger partial charge in [-0.05, 0) is 35.8 Å². The third-order valence-electron chi connectivity index (χ3n) is 3.36. The monoisotopic (exact) mass is 309 g/mol. The van der Waals surface area contributed by atoms with E-state index in [-0.39, 0.29) is 17.2 Å². The molecular formula is C19H19NO3. The van der Waals surface area contributed by atoms with Crippen LogP contribution in [0.2, 0.25) is 0 Å². The largest absolute Gasteiger partial charge is 0.478 e. The molecule has 0 fully saturated rings. The van der Waals surface area contributed by atoms with Crippen LogP contribution in [0.4, 0.5) is 5.69 Å². The Morgan fingerprint density at radius 3 is 2.43 bits per heavy atom. The van der Waals surface area contributed by atoms with Crippen molar-refractivity contribution in [1.82, 2.24) is 0 Å². The summed E-state index contributed by atoms with van der Waals surface area (Å²) in [7, 11) is 0. The molecule has 4 nitrogen and oxygen atoms in total. The standard InChI is InChI=1S/C19H19NO3/c1-2-5-14-8-10-15(11-9-14)12-13-18(21)20-17-7-4-3-6-16(17)19(22)23/h3-4,6-13H,2,5H2,1H3,(H,20,21)(H,22,23). The first kappa shape index (κ1) is 16.5. The van der Waals surface area contributed by atoms with E-state index in [0.717, 1.165) is 18.4 Å². The van der Waals surface area contributed by atoms with Gasteiger partial charge >= 0.3 is 5.97 Å². The minimum Gasteiger partial charge on any atom is -0.478 e. The van der Waals surface area contributed by atoms with Crippen LogP contribution in [0.1, 0.15) is 34.8 Å². The van der Waals surface area contributed by atoms with E-state index >= 15 is 0 Å². The number of carbonyl (C=O) groups is 2. The first-order chi connectivity index (χ1) is 11.1. The van der Waals surface area contributed by atoms with Gasteiger partial charge in [-0.25, -0.2) is 4.79 Å². The molecule has 0 aliphatic carbocycles. The fourth-order valence-corrected chi connectivity index (χ4v) is 2.21. The maximum absolute atomic E-state index is 11.9. The van der Waals surface area contributed by atoms with Crippen LogP contribution in [0, 0.1) is 0 Å². The number of aromatic carboxylic acids is 1. The highest BCUT2D eigenvalue weighted by molar-refractivity contribution is 6.06. The molecule has 1 amide bonds. The Bertz CT molecular complexity index is 718. The Kier molecular flexibility index (Phi) is 5.69. The number of hydrogen-bond donors (Lipinski definition) is 2. The highest BCUT2D eigenvalue weighted by Gasteiger charge is 2.09. The summed E-state index contributed by atoms with van der Waals surface area (Å²) in [4.78, 5) is 23.0. The van der Waals surface area contributed by atoms with Gasteiger partial charge in [0.15, 0.2) is 0 Å². The van der Waals surface area contributed by atoms with Gasteiger partial charge < -0.3 is 10.4 Å². The molecule has 0 saturated carbocycles. The number of nitrogens with one attached hydrogen (secondary N) is 1. The third-order valence-corrected chi connectivity index (χ3v) is 3.36. The maximum Gasteiger partial charge on any atom is 0.337 e. The van der Waals surface area contributed by atoms with Gasteiger partial charge in [-0.1, -0.05) is 49.7 Å². The van der Waals surface area contributed by atoms with Gasteiger partial charge in [0.1, 0.15) is 0 Å². The van der Waals surface area contributed by atoms with Crippen molar-refractivity contribution in [3.63, 3.8) is 0 Å². The number of benzene rings is 2. The van der Waals surface area contributed by atoms with Crippen molar-refractivity contribution >= 4 is 23.6 Å². The molecule has 23 heavy (non-hydrogen) atoms. The molecule has 4 heteroatoms. The zero-order valence-electron chi connectivity index (χ0n) is 13.0. The smallest absolute Gasteiger partial charge is 0.337 e. The molecule has 0 atom stereocenters. The Balaban J connectivity index is 2.03. The van der Waals surface area contributed by atoms with Crippen molar-refractivity contribution < 1.29 is 14.7 Å². The molecule has 0 saturated heterocycles. The summed E-state index contributed by atoms with van der Waals surface area (Å²) in [6.07, 6.45) is 5.24. The fourth-order valence-electron chi connectivity index (χ4n) is 2.21. The average molecular weight is 309 g/mol. The normalized spacial score (nSPS) is 10.7. The van der Waals surface area contributed by atoms with Crippen molar-refractivity contribution in [1.29, 1.82) is 0 Å². The summed E-state index contributed by atoms with van der Waals surface area (Å²) in [6, 6.07) is 14.3. The number of carbonyl (C=O) groups excluding carboxylic acids is 1. The Morgan fingerprint density at radius 2 is 1.78 bits per heavy atom. The second-order valence-electron chi connectivity index (χ2n) is 5.16. The van der Waals surface area contributed by atoms with E-state index in [1.807, 2.05) is 24.3 Å². The zero-order chi connectivity index (χ0) is 16.7. The summed E-state index contributed by atoms with van der Waals surface area (Å²) in [5, 5.41) is 11.7. The van der Waals surface area contributed by atoms with Gasteiger partial charge in [0.05, 0.1) is 11.3 Å². The van der Waals surface area contributed by atoms with E-state index in [1.165, 1.54) is 17.7 Å². The van der Waals surface area contributed by atoms with Gasteiger partial charge in [-0.3, -0.25) is 4.79 Å². The Morgan fingerprint density at radius 1 is 1.09 bits per heavy atom. The van der Waals surface area contributed by atoms with Crippen molar-refractivity contribution in [2.45, 2.75) is 19.8 Å². The molecule has 0 heterocycles. The molecule has 0 spiro atoms.